The molecule has 1 heterocycles. The molecule has 0 aliphatic heterocycles. The van der Waals surface area contributed by atoms with E-state index in [1.807, 2.05) is 25.4 Å². The van der Waals surface area contributed by atoms with E-state index in [1.54, 1.807) is 16.8 Å². The number of nitrogens with one attached hydrogen (secondary N) is 1. The van der Waals surface area contributed by atoms with Crippen LogP contribution < -0.4 is 16.8 Å². The van der Waals surface area contributed by atoms with Crippen molar-refractivity contribution >= 4 is 17.3 Å². The van der Waals surface area contributed by atoms with E-state index in [0.717, 1.165) is 12.1 Å². The second-order valence-electron chi connectivity index (χ2n) is 4.29. The fraction of sp³-hybridized carbons (Fsp3) is 0.231. The highest BCUT2D eigenvalue weighted by molar-refractivity contribution is 6.00. The van der Waals surface area contributed by atoms with Crippen LogP contribution in [0.5, 0.6) is 0 Å². The van der Waals surface area contributed by atoms with E-state index in [1.165, 1.54) is 0 Å². The number of aryl methyl sites for hydroxylation is 1. The fourth-order valence-corrected chi connectivity index (χ4v) is 1.86. The van der Waals surface area contributed by atoms with E-state index in [2.05, 4.69) is 10.4 Å². The maximum absolute atomic E-state index is 11.2. The minimum Gasteiger partial charge on any atom is -0.396 e. The highest BCUT2D eigenvalue weighted by atomic mass is 16.1. The molecule has 0 atom stereocenters. The van der Waals surface area contributed by atoms with Crippen LogP contribution in [0.1, 0.15) is 16.1 Å². The SMILES string of the molecule is Cn1ccc(CCNc2cccc(C(N)=O)c2N)n1. The topological polar surface area (TPSA) is 99.0 Å². The molecule has 0 bridgehead atoms. The summed E-state index contributed by atoms with van der Waals surface area (Å²) in [5.41, 5.74) is 13.6. The normalized spacial score (nSPS) is 10.4. The van der Waals surface area contributed by atoms with E-state index in [9.17, 15) is 4.79 Å². The molecule has 2 aromatic rings. The number of rotatable bonds is 5. The second-order valence-corrected chi connectivity index (χ2v) is 4.29. The molecule has 100 valence electrons. The first-order valence-corrected chi connectivity index (χ1v) is 5.98. The summed E-state index contributed by atoms with van der Waals surface area (Å²) >= 11 is 0. The predicted octanol–water partition coefficient (Wildman–Crippen LogP) is 0.756. The fourth-order valence-electron chi connectivity index (χ4n) is 1.86. The lowest BCUT2D eigenvalue weighted by Gasteiger charge is -2.10. The maximum Gasteiger partial charge on any atom is 0.250 e. The largest absolute Gasteiger partial charge is 0.396 e. The van der Waals surface area contributed by atoms with Crippen molar-refractivity contribution in [2.45, 2.75) is 6.42 Å². The molecule has 6 heteroatoms. The molecule has 1 amide bonds. The van der Waals surface area contributed by atoms with Gasteiger partial charge >= 0.3 is 0 Å². The Morgan fingerprint density at radius 2 is 2.21 bits per heavy atom. The Balaban J connectivity index is 2.00. The highest BCUT2D eigenvalue weighted by Crippen LogP contribution is 2.22. The quantitative estimate of drug-likeness (QED) is 0.690. The highest BCUT2D eigenvalue weighted by Gasteiger charge is 2.08. The Bertz CT molecular complexity index is 590. The standard InChI is InChI=1S/C13H17N5O/c1-18-8-6-9(17-18)5-7-16-11-4-2-3-10(12(11)14)13(15)19/h2-4,6,8,16H,5,7,14H2,1H3,(H2,15,19). The van der Waals surface area contributed by atoms with Crippen LogP contribution in [0, 0.1) is 0 Å². The first-order chi connectivity index (χ1) is 9.08. The first-order valence-electron chi connectivity index (χ1n) is 5.98. The van der Waals surface area contributed by atoms with Crippen molar-refractivity contribution in [1.82, 2.24) is 9.78 Å². The number of nitrogen functional groups attached to an aromatic ring is 1. The minimum absolute atomic E-state index is 0.336. The van der Waals surface area contributed by atoms with E-state index >= 15 is 0 Å². The lowest BCUT2D eigenvalue weighted by molar-refractivity contribution is 0.100. The van der Waals surface area contributed by atoms with Gasteiger partial charge in [-0.05, 0) is 18.2 Å². The average Bonchev–Trinajstić information content (AvgIpc) is 2.77. The van der Waals surface area contributed by atoms with Gasteiger partial charge in [0.05, 0.1) is 22.6 Å². The molecule has 1 aromatic heterocycles. The van der Waals surface area contributed by atoms with Gasteiger partial charge in [-0.1, -0.05) is 6.07 Å². The summed E-state index contributed by atoms with van der Waals surface area (Å²) in [5, 5.41) is 7.47. The number of amides is 1. The zero-order valence-corrected chi connectivity index (χ0v) is 10.8. The van der Waals surface area contributed by atoms with Crippen molar-refractivity contribution in [3.05, 3.63) is 41.7 Å². The van der Waals surface area contributed by atoms with Gasteiger partial charge in [-0.25, -0.2) is 0 Å². The Morgan fingerprint density at radius 1 is 1.42 bits per heavy atom. The third-order valence-corrected chi connectivity index (χ3v) is 2.84. The smallest absolute Gasteiger partial charge is 0.250 e. The number of aromatic nitrogens is 2. The second kappa shape index (κ2) is 5.43. The summed E-state index contributed by atoms with van der Waals surface area (Å²) in [7, 11) is 1.88. The molecule has 0 aliphatic rings. The van der Waals surface area contributed by atoms with Crippen LogP contribution in [0.3, 0.4) is 0 Å². The maximum atomic E-state index is 11.2. The van der Waals surface area contributed by atoms with Crippen molar-refractivity contribution in [1.29, 1.82) is 0 Å². The van der Waals surface area contributed by atoms with Crippen LogP contribution in [0.4, 0.5) is 11.4 Å². The molecule has 2 rings (SSSR count). The van der Waals surface area contributed by atoms with Gasteiger partial charge in [0, 0.05) is 26.2 Å². The number of nitrogens with two attached hydrogens (primary N) is 2. The van der Waals surface area contributed by atoms with Crippen LogP contribution >= 0.6 is 0 Å². The van der Waals surface area contributed by atoms with Crippen molar-refractivity contribution in [3.63, 3.8) is 0 Å². The van der Waals surface area contributed by atoms with Crippen LogP contribution in [0.2, 0.25) is 0 Å². The molecule has 0 unspecified atom stereocenters. The minimum atomic E-state index is -0.522. The van der Waals surface area contributed by atoms with Gasteiger partial charge in [0.1, 0.15) is 0 Å². The third kappa shape index (κ3) is 3.04. The number of hydrogen-bond acceptors (Lipinski definition) is 4. The van der Waals surface area contributed by atoms with Gasteiger partial charge in [-0.3, -0.25) is 9.48 Å². The first kappa shape index (κ1) is 12.9. The number of para-hydroxylation sites is 1. The number of primary amides is 1. The summed E-state index contributed by atoms with van der Waals surface area (Å²) in [4.78, 5) is 11.2. The predicted molar refractivity (Wildman–Crippen MR) is 74.8 cm³/mol. The molecule has 0 spiro atoms. The van der Waals surface area contributed by atoms with E-state index < -0.39 is 5.91 Å². The number of carbonyl (C=O) groups is 1. The molecule has 0 radical (unpaired) electrons. The molecule has 19 heavy (non-hydrogen) atoms. The third-order valence-electron chi connectivity index (χ3n) is 2.84. The molecular formula is C13H17N5O. The summed E-state index contributed by atoms with van der Waals surface area (Å²) in [6.45, 7) is 0.684. The van der Waals surface area contributed by atoms with Crippen molar-refractivity contribution < 1.29 is 4.79 Å². The summed E-state index contributed by atoms with van der Waals surface area (Å²) in [5.74, 6) is -0.522. The van der Waals surface area contributed by atoms with Crippen LogP contribution in [0.25, 0.3) is 0 Å². The number of benzene rings is 1. The summed E-state index contributed by atoms with van der Waals surface area (Å²) < 4.78 is 1.76. The monoisotopic (exact) mass is 259 g/mol. The van der Waals surface area contributed by atoms with Gasteiger partial charge in [-0.15, -0.1) is 0 Å². The Kier molecular flexibility index (Phi) is 3.70. The van der Waals surface area contributed by atoms with Gasteiger partial charge < -0.3 is 16.8 Å². The van der Waals surface area contributed by atoms with Crippen molar-refractivity contribution in [3.8, 4) is 0 Å². The van der Waals surface area contributed by atoms with Crippen LogP contribution in [-0.4, -0.2) is 22.2 Å². The molecule has 0 fully saturated rings. The summed E-state index contributed by atoms with van der Waals surface area (Å²) in [6.07, 6.45) is 2.68. The van der Waals surface area contributed by atoms with E-state index in [4.69, 9.17) is 11.5 Å². The Labute approximate surface area is 111 Å². The van der Waals surface area contributed by atoms with E-state index in [0.29, 0.717) is 23.5 Å². The molecule has 0 saturated heterocycles. The van der Waals surface area contributed by atoms with Crippen LogP contribution in [0.15, 0.2) is 30.5 Å². The molecular weight excluding hydrogens is 242 g/mol. The van der Waals surface area contributed by atoms with Gasteiger partial charge in [0.2, 0.25) is 0 Å². The number of nitrogens with zero attached hydrogens (tertiary/aromatic N) is 2. The number of carbonyl (C=O) groups excluding carboxylic acids is 1. The molecule has 0 saturated carbocycles. The Hall–Kier alpha value is -2.50. The zero-order chi connectivity index (χ0) is 13.8. The molecule has 5 N–H and O–H groups in total. The van der Waals surface area contributed by atoms with Gasteiger partial charge in [0.15, 0.2) is 0 Å². The van der Waals surface area contributed by atoms with Crippen molar-refractivity contribution in [2.75, 3.05) is 17.6 Å². The lowest BCUT2D eigenvalue weighted by atomic mass is 10.1. The van der Waals surface area contributed by atoms with Crippen LogP contribution in [-0.2, 0) is 13.5 Å². The number of hydrogen-bond donors (Lipinski definition) is 3. The molecule has 6 nitrogen and oxygen atoms in total. The number of anilines is 2. The van der Waals surface area contributed by atoms with Gasteiger partial charge in [0.25, 0.3) is 5.91 Å². The average molecular weight is 259 g/mol. The Morgan fingerprint density at radius 3 is 2.84 bits per heavy atom. The molecule has 1 aromatic carbocycles. The van der Waals surface area contributed by atoms with Crippen molar-refractivity contribution in [2.24, 2.45) is 12.8 Å². The van der Waals surface area contributed by atoms with E-state index in [-0.39, 0.29) is 0 Å². The van der Waals surface area contributed by atoms with Gasteiger partial charge in [-0.2, -0.15) is 5.10 Å². The summed E-state index contributed by atoms with van der Waals surface area (Å²) in [6, 6.07) is 7.15. The lowest BCUT2D eigenvalue weighted by Crippen LogP contribution is -2.15. The molecule has 0 aliphatic carbocycles. The zero-order valence-electron chi connectivity index (χ0n) is 10.8.